The molecule has 0 saturated carbocycles. The first-order valence-electron chi connectivity index (χ1n) is 6.94. The number of hydrogen-bond acceptors (Lipinski definition) is 5. The number of amides is 1. The van der Waals surface area contributed by atoms with Crippen molar-refractivity contribution in [3.63, 3.8) is 0 Å². The molecule has 1 N–H and O–H groups in total. The minimum atomic E-state index is -0.00875. The van der Waals surface area contributed by atoms with E-state index in [0.717, 1.165) is 36.2 Å². The first-order valence-corrected chi connectivity index (χ1v) is 7.31. The number of hydrogen-bond donors (Lipinski definition) is 1. The molecule has 6 nitrogen and oxygen atoms in total. The highest BCUT2D eigenvalue weighted by molar-refractivity contribution is 6.28. The zero-order valence-corrected chi connectivity index (χ0v) is 12.5. The molecule has 1 aliphatic rings. The van der Waals surface area contributed by atoms with Gasteiger partial charge in [0.25, 0.3) is 0 Å². The molecule has 21 heavy (non-hydrogen) atoms. The minimum absolute atomic E-state index is 0.00875. The molecule has 1 unspecified atom stereocenters. The Balaban J connectivity index is 1.94. The first kappa shape index (κ1) is 14.0. The Morgan fingerprint density at radius 2 is 2.33 bits per heavy atom. The zero-order valence-electron chi connectivity index (χ0n) is 11.7. The smallest absolute Gasteiger partial charge is 0.225 e. The highest BCUT2D eigenvalue weighted by atomic mass is 35.5. The topological polar surface area (TPSA) is 71.0 Å². The molecule has 0 radical (unpaired) electrons. The Bertz CT molecular complexity index is 677. The fraction of sp³-hybridized carbons (Fsp3) is 0.429. The summed E-state index contributed by atoms with van der Waals surface area (Å²) in [5.41, 5.74) is 1.47. The Hall–Kier alpha value is -1.95. The van der Waals surface area contributed by atoms with E-state index in [0.29, 0.717) is 6.54 Å². The molecule has 0 bridgehead atoms. The van der Waals surface area contributed by atoms with Crippen LogP contribution in [0, 0.1) is 0 Å². The number of piperidine rings is 1. The molecule has 0 aromatic carbocycles. The quantitative estimate of drug-likeness (QED) is 0.856. The number of fused-ring (bicyclic) bond motifs is 1. The van der Waals surface area contributed by atoms with Crippen molar-refractivity contribution in [1.29, 1.82) is 0 Å². The lowest BCUT2D eigenvalue weighted by Crippen LogP contribution is -2.47. The maximum absolute atomic E-state index is 11.2. The van der Waals surface area contributed by atoms with Crippen molar-refractivity contribution in [3.05, 3.63) is 23.6 Å². The normalized spacial score (nSPS) is 18.8. The Morgan fingerprint density at radius 1 is 1.48 bits per heavy atom. The van der Waals surface area contributed by atoms with Gasteiger partial charge in [0.15, 0.2) is 5.82 Å². The molecule has 110 valence electrons. The van der Waals surface area contributed by atoms with Crippen LogP contribution in [-0.2, 0) is 4.79 Å². The third-order valence-corrected chi connectivity index (χ3v) is 3.71. The highest BCUT2D eigenvalue weighted by Gasteiger charge is 2.23. The molecule has 2 aromatic rings. The molecule has 3 heterocycles. The number of pyridine rings is 1. The van der Waals surface area contributed by atoms with E-state index in [9.17, 15) is 4.79 Å². The van der Waals surface area contributed by atoms with Gasteiger partial charge in [-0.25, -0.2) is 4.98 Å². The van der Waals surface area contributed by atoms with E-state index in [2.05, 4.69) is 25.2 Å². The van der Waals surface area contributed by atoms with Crippen LogP contribution >= 0.6 is 11.6 Å². The van der Waals surface area contributed by atoms with E-state index in [1.165, 1.54) is 6.92 Å². The summed E-state index contributed by atoms with van der Waals surface area (Å²) >= 11 is 6.02. The number of carbonyl (C=O) groups is 1. The molecule has 0 aliphatic carbocycles. The van der Waals surface area contributed by atoms with E-state index in [-0.39, 0.29) is 17.2 Å². The van der Waals surface area contributed by atoms with Gasteiger partial charge in [0, 0.05) is 32.3 Å². The van der Waals surface area contributed by atoms with Crippen LogP contribution in [0.1, 0.15) is 19.8 Å². The van der Waals surface area contributed by atoms with E-state index in [1.807, 2.05) is 12.1 Å². The van der Waals surface area contributed by atoms with Crippen molar-refractivity contribution in [2.24, 2.45) is 0 Å². The van der Waals surface area contributed by atoms with Gasteiger partial charge in [-0.1, -0.05) is 0 Å². The second-order valence-corrected chi connectivity index (χ2v) is 5.51. The molecule has 1 aliphatic heterocycles. The van der Waals surface area contributed by atoms with Gasteiger partial charge in [-0.2, -0.15) is 4.98 Å². The number of rotatable bonds is 2. The predicted molar refractivity (Wildman–Crippen MR) is 81.4 cm³/mol. The number of nitrogens with one attached hydrogen (secondary N) is 1. The molecule has 1 fully saturated rings. The van der Waals surface area contributed by atoms with Crippen molar-refractivity contribution in [3.8, 4) is 0 Å². The van der Waals surface area contributed by atoms with Crippen molar-refractivity contribution >= 4 is 34.4 Å². The number of carbonyl (C=O) groups excluding carboxylic acids is 1. The fourth-order valence-corrected chi connectivity index (χ4v) is 2.89. The van der Waals surface area contributed by atoms with E-state index < -0.39 is 0 Å². The van der Waals surface area contributed by atoms with E-state index in [4.69, 9.17) is 11.6 Å². The van der Waals surface area contributed by atoms with Crippen LogP contribution in [-0.4, -0.2) is 40.0 Å². The van der Waals surface area contributed by atoms with Gasteiger partial charge in [0.05, 0.1) is 5.52 Å². The van der Waals surface area contributed by atoms with Crippen molar-refractivity contribution in [1.82, 2.24) is 20.3 Å². The third kappa shape index (κ3) is 3.05. The van der Waals surface area contributed by atoms with Crippen molar-refractivity contribution < 1.29 is 4.79 Å². The van der Waals surface area contributed by atoms with Crippen LogP contribution in [0.25, 0.3) is 11.0 Å². The Morgan fingerprint density at radius 3 is 3.14 bits per heavy atom. The summed E-state index contributed by atoms with van der Waals surface area (Å²) in [6.07, 6.45) is 3.68. The van der Waals surface area contributed by atoms with Crippen LogP contribution in [0.2, 0.25) is 5.28 Å². The van der Waals surface area contributed by atoms with E-state index >= 15 is 0 Å². The Labute approximate surface area is 127 Å². The van der Waals surface area contributed by atoms with Gasteiger partial charge < -0.3 is 10.2 Å². The van der Waals surface area contributed by atoms with Crippen LogP contribution < -0.4 is 10.2 Å². The number of nitrogens with zero attached hydrogens (tertiary/aromatic N) is 4. The predicted octanol–water partition coefficient (Wildman–Crippen LogP) is 1.78. The lowest BCUT2D eigenvalue weighted by molar-refractivity contribution is -0.119. The summed E-state index contributed by atoms with van der Waals surface area (Å²) in [6.45, 7) is 3.12. The second kappa shape index (κ2) is 5.81. The molecule has 2 aromatic heterocycles. The van der Waals surface area contributed by atoms with Crippen LogP contribution in [0.3, 0.4) is 0 Å². The number of aromatic nitrogens is 3. The number of halogens is 1. The largest absolute Gasteiger partial charge is 0.353 e. The number of anilines is 1. The highest BCUT2D eigenvalue weighted by Crippen LogP contribution is 2.26. The molecular weight excluding hydrogens is 290 g/mol. The summed E-state index contributed by atoms with van der Waals surface area (Å²) in [4.78, 5) is 26.3. The minimum Gasteiger partial charge on any atom is -0.353 e. The van der Waals surface area contributed by atoms with E-state index in [1.54, 1.807) is 6.20 Å². The summed E-state index contributed by atoms with van der Waals surface area (Å²) < 4.78 is 0. The average Bonchev–Trinajstić information content (AvgIpc) is 2.46. The maximum Gasteiger partial charge on any atom is 0.225 e. The summed E-state index contributed by atoms with van der Waals surface area (Å²) in [7, 11) is 0. The standard InChI is InChI=1S/C14H16ClN5O/c1-9(21)17-10-4-3-7-20(8-10)13-12-11(5-2-6-16-12)18-14(15)19-13/h2,5-6,10H,3-4,7-8H2,1H3,(H,17,21). The molecule has 1 saturated heterocycles. The fourth-order valence-electron chi connectivity index (χ4n) is 2.72. The molecule has 7 heteroatoms. The van der Waals surface area contributed by atoms with Crippen LogP contribution in [0.15, 0.2) is 18.3 Å². The van der Waals surface area contributed by atoms with Gasteiger partial charge >= 0.3 is 0 Å². The van der Waals surface area contributed by atoms with Gasteiger partial charge in [0.1, 0.15) is 5.52 Å². The third-order valence-electron chi connectivity index (χ3n) is 3.54. The van der Waals surface area contributed by atoms with Gasteiger partial charge in [-0.15, -0.1) is 0 Å². The molecular formula is C14H16ClN5O. The Kier molecular flexibility index (Phi) is 3.88. The second-order valence-electron chi connectivity index (χ2n) is 5.17. The van der Waals surface area contributed by atoms with Crippen molar-refractivity contribution in [2.45, 2.75) is 25.8 Å². The lowest BCUT2D eigenvalue weighted by Gasteiger charge is -2.34. The van der Waals surface area contributed by atoms with Crippen LogP contribution in [0.4, 0.5) is 5.82 Å². The first-order chi connectivity index (χ1) is 10.1. The lowest BCUT2D eigenvalue weighted by atomic mass is 10.1. The van der Waals surface area contributed by atoms with Gasteiger partial charge in [-0.3, -0.25) is 9.78 Å². The molecule has 0 spiro atoms. The van der Waals surface area contributed by atoms with Crippen LogP contribution in [0.5, 0.6) is 0 Å². The van der Waals surface area contributed by atoms with Gasteiger partial charge in [0.2, 0.25) is 11.2 Å². The summed E-state index contributed by atoms with van der Waals surface area (Å²) in [5.74, 6) is 0.728. The average molecular weight is 306 g/mol. The van der Waals surface area contributed by atoms with Crippen molar-refractivity contribution in [2.75, 3.05) is 18.0 Å². The van der Waals surface area contributed by atoms with Gasteiger partial charge in [-0.05, 0) is 36.6 Å². The molecule has 3 rings (SSSR count). The zero-order chi connectivity index (χ0) is 14.8. The molecule has 1 amide bonds. The monoisotopic (exact) mass is 305 g/mol. The summed E-state index contributed by atoms with van der Waals surface area (Å²) in [5, 5.41) is 3.18. The summed E-state index contributed by atoms with van der Waals surface area (Å²) in [6, 6.07) is 3.82. The molecule has 1 atom stereocenters. The SMILES string of the molecule is CC(=O)NC1CCCN(c2nc(Cl)nc3cccnc23)C1. The maximum atomic E-state index is 11.2.